The van der Waals surface area contributed by atoms with Crippen LogP contribution in [0.4, 0.5) is 0 Å². The summed E-state index contributed by atoms with van der Waals surface area (Å²) < 4.78 is 0. The largest absolute Gasteiger partial charge is 0.387 e. The van der Waals surface area contributed by atoms with Crippen LogP contribution in [0.2, 0.25) is 0 Å². The molecular formula is C10H14N2S. The molecule has 1 rings (SSSR count). The number of nitrogens with one attached hydrogen (secondary N) is 1. The molecule has 1 aromatic rings. The molecule has 1 aromatic carbocycles. The molecule has 0 spiro atoms. The summed E-state index contributed by atoms with van der Waals surface area (Å²) in [6.45, 7) is 1.95. The number of hydrogen-bond acceptors (Lipinski definition) is 2. The first-order valence-corrected chi connectivity index (χ1v) is 5.24. The Kier molecular flexibility index (Phi) is 3.83. The lowest BCUT2D eigenvalue weighted by Crippen LogP contribution is -2.21. The monoisotopic (exact) mass is 194 g/mol. The fourth-order valence-corrected chi connectivity index (χ4v) is 1.70. The summed E-state index contributed by atoms with van der Waals surface area (Å²) in [5, 5.41) is 7.33. The van der Waals surface area contributed by atoms with Gasteiger partial charge in [0.05, 0.1) is 5.25 Å². The first-order valence-electron chi connectivity index (χ1n) is 4.19. The highest BCUT2D eigenvalue weighted by molar-refractivity contribution is 7.99. The quantitative estimate of drug-likeness (QED) is 0.570. The summed E-state index contributed by atoms with van der Waals surface area (Å²) in [6, 6.07) is 10.2. The molecule has 70 valence electrons. The van der Waals surface area contributed by atoms with Gasteiger partial charge < -0.3 is 5.73 Å². The van der Waals surface area contributed by atoms with E-state index in [0.717, 1.165) is 5.75 Å². The standard InChI is InChI=1S/C10H14N2S/c1-8(10(11)12)13-7-9-5-3-2-4-6-9/h2-6,8H,7H2,1H3,(H3,11,12). The van der Waals surface area contributed by atoms with E-state index >= 15 is 0 Å². The second kappa shape index (κ2) is 4.92. The van der Waals surface area contributed by atoms with Crippen molar-refractivity contribution >= 4 is 17.6 Å². The van der Waals surface area contributed by atoms with Crippen LogP contribution < -0.4 is 5.73 Å². The summed E-state index contributed by atoms with van der Waals surface area (Å²) in [6.07, 6.45) is 0. The first-order chi connectivity index (χ1) is 6.20. The Bertz CT molecular complexity index is 272. The molecular weight excluding hydrogens is 180 g/mol. The van der Waals surface area contributed by atoms with Crippen LogP contribution in [-0.2, 0) is 5.75 Å². The van der Waals surface area contributed by atoms with Gasteiger partial charge in [-0.2, -0.15) is 0 Å². The van der Waals surface area contributed by atoms with Crippen LogP contribution >= 0.6 is 11.8 Å². The molecule has 0 aliphatic rings. The molecule has 3 N–H and O–H groups in total. The van der Waals surface area contributed by atoms with Crippen LogP contribution in [0.5, 0.6) is 0 Å². The minimum absolute atomic E-state index is 0.111. The predicted molar refractivity (Wildman–Crippen MR) is 59.1 cm³/mol. The van der Waals surface area contributed by atoms with E-state index in [9.17, 15) is 0 Å². The molecule has 1 unspecified atom stereocenters. The van der Waals surface area contributed by atoms with Gasteiger partial charge in [0.1, 0.15) is 5.84 Å². The molecule has 2 nitrogen and oxygen atoms in total. The van der Waals surface area contributed by atoms with E-state index in [2.05, 4.69) is 12.1 Å². The van der Waals surface area contributed by atoms with Crippen molar-refractivity contribution in [3.05, 3.63) is 35.9 Å². The molecule has 0 aliphatic heterocycles. The molecule has 0 heterocycles. The Morgan fingerprint density at radius 2 is 2.08 bits per heavy atom. The van der Waals surface area contributed by atoms with E-state index in [0.29, 0.717) is 0 Å². The van der Waals surface area contributed by atoms with Crippen molar-refractivity contribution in [2.24, 2.45) is 5.73 Å². The van der Waals surface area contributed by atoms with Gasteiger partial charge in [-0.25, -0.2) is 0 Å². The van der Waals surface area contributed by atoms with Gasteiger partial charge in [0.15, 0.2) is 0 Å². The molecule has 3 heteroatoms. The third-order valence-electron chi connectivity index (χ3n) is 1.78. The van der Waals surface area contributed by atoms with Gasteiger partial charge >= 0.3 is 0 Å². The minimum atomic E-state index is 0.111. The molecule has 0 aromatic heterocycles. The summed E-state index contributed by atoms with van der Waals surface area (Å²) in [5.41, 5.74) is 6.64. The first kappa shape index (κ1) is 10.1. The zero-order chi connectivity index (χ0) is 9.68. The molecule has 0 aliphatic carbocycles. The Morgan fingerprint density at radius 3 is 2.62 bits per heavy atom. The Morgan fingerprint density at radius 1 is 1.46 bits per heavy atom. The van der Waals surface area contributed by atoms with Gasteiger partial charge in [-0.15, -0.1) is 11.8 Å². The van der Waals surface area contributed by atoms with E-state index in [4.69, 9.17) is 11.1 Å². The lowest BCUT2D eigenvalue weighted by molar-refractivity contribution is 1.22. The lowest BCUT2D eigenvalue weighted by atomic mass is 10.2. The molecule has 13 heavy (non-hydrogen) atoms. The predicted octanol–water partition coefficient (Wildman–Crippen LogP) is 2.24. The number of benzene rings is 1. The SMILES string of the molecule is CC(SCc1ccccc1)C(=N)N. The maximum absolute atomic E-state index is 7.22. The normalized spacial score (nSPS) is 12.4. The number of amidine groups is 1. The second-order valence-corrected chi connectivity index (χ2v) is 4.22. The fourth-order valence-electron chi connectivity index (χ4n) is 0.885. The number of rotatable bonds is 4. The summed E-state index contributed by atoms with van der Waals surface area (Å²) >= 11 is 1.69. The summed E-state index contributed by atoms with van der Waals surface area (Å²) in [5.74, 6) is 1.17. The van der Waals surface area contributed by atoms with Crippen LogP contribution in [0.1, 0.15) is 12.5 Å². The molecule has 0 bridgehead atoms. The van der Waals surface area contributed by atoms with Crippen LogP contribution in [0.15, 0.2) is 30.3 Å². The smallest absolute Gasteiger partial charge is 0.104 e. The van der Waals surface area contributed by atoms with E-state index < -0.39 is 0 Å². The van der Waals surface area contributed by atoms with Gasteiger partial charge in [-0.05, 0) is 12.5 Å². The van der Waals surface area contributed by atoms with Gasteiger partial charge in [-0.3, -0.25) is 5.41 Å². The Labute approximate surface area is 83.0 Å². The molecule has 0 radical (unpaired) electrons. The van der Waals surface area contributed by atoms with Crippen molar-refractivity contribution in [3.8, 4) is 0 Å². The Balaban J connectivity index is 2.39. The van der Waals surface area contributed by atoms with E-state index in [1.54, 1.807) is 11.8 Å². The molecule has 0 saturated carbocycles. The van der Waals surface area contributed by atoms with Gasteiger partial charge in [0.2, 0.25) is 0 Å². The second-order valence-electron chi connectivity index (χ2n) is 2.89. The van der Waals surface area contributed by atoms with E-state index in [-0.39, 0.29) is 11.1 Å². The van der Waals surface area contributed by atoms with E-state index in [1.165, 1.54) is 5.56 Å². The van der Waals surface area contributed by atoms with Crippen LogP contribution in [0.3, 0.4) is 0 Å². The average Bonchev–Trinajstić information content (AvgIpc) is 2.15. The highest BCUT2D eigenvalue weighted by atomic mass is 32.2. The van der Waals surface area contributed by atoms with Crippen molar-refractivity contribution < 1.29 is 0 Å². The van der Waals surface area contributed by atoms with Crippen molar-refractivity contribution in [2.75, 3.05) is 0 Å². The highest BCUT2D eigenvalue weighted by Gasteiger charge is 2.04. The van der Waals surface area contributed by atoms with Crippen molar-refractivity contribution in [3.63, 3.8) is 0 Å². The third-order valence-corrected chi connectivity index (χ3v) is 3.03. The zero-order valence-corrected chi connectivity index (χ0v) is 8.47. The maximum atomic E-state index is 7.22. The van der Waals surface area contributed by atoms with Gasteiger partial charge in [0.25, 0.3) is 0 Å². The number of thioether (sulfide) groups is 1. The zero-order valence-electron chi connectivity index (χ0n) is 7.66. The molecule has 0 fully saturated rings. The van der Waals surface area contributed by atoms with Gasteiger partial charge in [-0.1, -0.05) is 30.3 Å². The highest BCUT2D eigenvalue weighted by Crippen LogP contribution is 2.16. The van der Waals surface area contributed by atoms with Crippen molar-refractivity contribution in [1.29, 1.82) is 5.41 Å². The van der Waals surface area contributed by atoms with Crippen molar-refractivity contribution in [2.45, 2.75) is 17.9 Å². The minimum Gasteiger partial charge on any atom is -0.387 e. The molecule has 0 saturated heterocycles. The third kappa shape index (κ3) is 3.51. The van der Waals surface area contributed by atoms with Crippen LogP contribution in [0, 0.1) is 5.41 Å². The van der Waals surface area contributed by atoms with E-state index in [1.807, 2.05) is 25.1 Å². The topological polar surface area (TPSA) is 49.9 Å². The number of hydrogen-bond donors (Lipinski definition) is 2. The van der Waals surface area contributed by atoms with Gasteiger partial charge in [0, 0.05) is 5.75 Å². The van der Waals surface area contributed by atoms with Crippen LogP contribution in [-0.4, -0.2) is 11.1 Å². The lowest BCUT2D eigenvalue weighted by Gasteiger charge is -2.08. The van der Waals surface area contributed by atoms with Crippen LogP contribution in [0.25, 0.3) is 0 Å². The fraction of sp³-hybridized carbons (Fsp3) is 0.300. The number of nitrogens with two attached hydrogens (primary N) is 1. The van der Waals surface area contributed by atoms with Crippen molar-refractivity contribution in [1.82, 2.24) is 0 Å². The molecule has 0 amide bonds. The molecule has 1 atom stereocenters. The Hall–Kier alpha value is -0.960. The maximum Gasteiger partial charge on any atom is 0.104 e. The summed E-state index contributed by atoms with van der Waals surface area (Å²) in [7, 11) is 0. The average molecular weight is 194 g/mol. The summed E-state index contributed by atoms with van der Waals surface area (Å²) in [4.78, 5) is 0.